The lowest BCUT2D eigenvalue weighted by Gasteiger charge is -2.13. The molecule has 4 aromatic rings. The topological polar surface area (TPSA) is 133 Å². The maximum Gasteiger partial charge on any atom is 0.270 e. The third kappa shape index (κ3) is 9.02. The molecule has 0 heterocycles. The summed E-state index contributed by atoms with van der Waals surface area (Å²) in [6.07, 6.45) is 0. The van der Waals surface area contributed by atoms with Crippen LogP contribution in [0.3, 0.4) is 0 Å². The van der Waals surface area contributed by atoms with Crippen molar-refractivity contribution in [3.05, 3.63) is 116 Å². The molecule has 0 unspecified atom stereocenters. The van der Waals surface area contributed by atoms with Gasteiger partial charge in [-0.2, -0.15) is 0 Å². The number of hydrazine groups is 1. The quantitative estimate of drug-likeness (QED) is 0.111. The van der Waals surface area contributed by atoms with E-state index in [4.69, 9.17) is 46.4 Å². The number of benzene rings is 4. The Morgan fingerprint density at radius 1 is 0.698 bits per heavy atom. The smallest absolute Gasteiger partial charge is 0.270 e. The molecule has 0 radical (unpaired) electrons. The number of carbonyl (C=O) groups is 3. The first-order valence-electron chi connectivity index (χ1n) is 12.1. The lowest BCUT2D eigenvalue weighted by atomic mass is 10.2. The van der Waals surface area contributed by atoms with Gasteiger partial charge in [0.25, 0.3) is 21.8 Å². The highest BCUT2D eigenvalue weighted by Gasteiger charge is 2.21. The van der Waals surface area contributed by atoms with E-state index >= 15 is 0 Å². The van der Waals surface area contributed by atoms with E-state index < -0.39 is 21.8 Å². The molecule has 222 valence electrons. The van der Waals surface area contributed by atoms with Gasteiger partial charge in [0.05, 0.1) is 16.3 Å². The number of carbonyl (C=O) groups excluding carboxylic acids is 3. The van der Waals surface area contributed by atoms with Crippen molar-refractivity contribution in [3.8, 4) is 0 Å². The number of sulfonamides is 1. The maximum absolute atomic E-state index is 12.9. The van der Waals surface area contributed by atoms with Crippen LogP contribution in [0.1, 0.15) is 20.7 Å². The second-order valence-electron chi connectivity index (χ2n) is 8.66. The van der Waals surface area contributed by atoms with E-state index in [2.05, 4.69) is 20.9 Å². The molecule has 9 nitrogen and oxygen atoms in total. The molecular weight excluding hydrogens is 678 g/mol. The minimum atomic E-state index is -4.17. The monoisotopic (exact) mass is 696 g/mol. The van der Waals surface area contributed by atoms with Gasteiger partial charge in [0.15, 0.2) is 0 Å². The highest BCUT2D eigenvalue weighted by Crippen LogP contribution is 2.27. The first-order valence-corrected chi connectivity index (χ1v) is 16.1. The molecule has 43 heavy (non-hydrogen) atoms. The second kappa shape index (κ2) is 14.3. The number of halogens is 4. The van der Waals surface area contributed by atoms with Crippen LogP contribution in [-0.2, 0) is 14.8 Å². The average Bonchev–Trinajstić information content (AvgIpc) is 2.95. The number of nitrogens with one attached hydrogen (secondary N) is 4. The Kier molecular flexibility index (Phi) is 10.8. The van der Waals surface area contributed by atoms with Crippen LogP contribution >= 0.6 is 58.2 Å². The molecule has 3 amide bonds. The van der Waals surface area contributed by atoms with E-state index in [1.54, 1.807) is 30.3 Å². The van der Waals surface area contributed by atoms with Crippen LogP contribution in [0.25, 0.3) is 0 Å². The van der Waals surface area contributed by atoms with Crippen molar-refractivity contribution >= 4 is 97.3 Å². The lowest BCUT2D eigenvalue weighted by Crippen LogP contribution is -2.41. The van der Waals surface area contributed by atoms with Gasteiger partial charge in [-0.25, -0.2) is 8.42 Å². The molecule has 0 saturated heterocycles. The van der Waals surface area contributed by atoms with Crippen LogP contribution in [-0.4, -0.2) is 31.9 Å². The Balaban J connectivity index is 1.39. The Labute approximate surface area is 271 Å². The first-order chi connectivity index (χ1) is 20.4. The van der Waals surface area contributed by atoms with Crippen LogP contribution in [0.2, 0.25) is 20.1 Å². The zero-order chi connectivity index (χ0) is 31.1. The van der Waals surface area contributed by atoms with Gasteiger partial charge in [0.1, 0.15) is 4.90 Å². The lowest BCUT2D eigenvalue weighted by molar-refractivity contribution is -0.113. The highest BCUT2D eigenvalue weighted by atomic mass is 35.5. The molecule has 4 rings (SSSR count). The van der Waals surface area contributed by atoms with Crippen LogP contribution in [0.5, 0.6) is 0 Å². The van der Waals surface area contributed by atoms with Gasteiger partial charge in [-0.3, -0.25) is 30.0 Å². The number of hydrogen-bond acceptors (Lipinski definition) is 6. The van der Waals surface area contributed by atoms with Crippen LogP contribution in [0, 0.1) is 0 Å². The summed E-state index contributed by atoms with van der Waals surface area (Å²) >= 11 is 25.0. The summed E-state index contributed by atoms with van der Waals surface area (Å²) in [6.45, 7) is 0. The van der Waals surface area contributed by atoms with Gasteiger partial charge in [-0.15, -0.1) is 11.8 Å². The zero-order valence-electron chi connectivity index (χ0n) is 21.7. The van der Waals surface area contributed by atoms with E-state index in [1.807, 2.05) is 0 Å². The molecule has 0 atom stereocenters. The minimum absolute atomic E-state index is 0.0349. The Morgan fingerprint density at radius 2 is 1.35 bits per heavy atom. The molecule has 0 aliphatic carbocycles. The van der Waals surface area contributed by atoms with Crippen molar-refractivity contribution in [2.45, 2.75) is 9.79 Å². The second-order valence-corrected chi connectivity index (χ2v) is 13.0. The SMILES string of the molecule is O=C(CSc1ccccc1C(=O)NNC(=O)c1ccc(Cl)c(S(=O)(=O)Nc2ccc(Cl)cc2)c1)Nc1cc(Cl)cc(Cl)c1. The summed E-state index contributed by atoms with van der Waals surface area (Å²) in [7, 11) is -4.17. The molecule has 0 spiro atoms. The summed E-state index contributed by atoms with van der Waals surface area (Å²) in [4.78, 5) is 38.3. The van der Waals surface area contributed by atoms with E-state index in [0.29, 0.717) is 25.7 Å². The van der Waals surface area contributed by atoms with Gasteiger partial charge in [0, 0.05) is 36.9 Å². The molecule has 0 aliphatic heterocycles. The van der Waals surface area contributed by atoms with E-state index in [1.165, 1.54) is 48.5 Å². The number of hydrogen-bond donors (Lipinski definition) is 4. The number of anilines is 2. The van der Waals surface area contributed by atoms with Gasteiger partial charge in [0.2, 0.25) is 5.91 Å². The normalized spacial score (nSPS) is 11.0. The summed E-state index contributed by atoms with van der Waals surface area (Å²) in [5.41, 5.74) is 5.34. The van der Waals surface area contributed by atoms with Crippen molar-refractivity contribution < 1.29 is 22.8 Å². The maximum atomic E-state index is 12.9. The molecule has 15 heteroatoms. The molecule has 0 aliphatic rings. The van der Waals surface area contributed by atoms with Gasteiger partial charge >= 0.3 is 0 Å². The van der Waals surface area contributed by atoms with Crippen molar-refractivity contribution in [3.63, 3.8) is 0 Å². The highest BCUT2D eigenvalue weighted by molar-refractivity contribution is 8.00. The summed E-state index contributed by atoms with van der Waals surface area (Å²) in [5.74, 6) is -1.85. The third-order valence-corrected chi connectivity index (χ3v) is 9.13. The first kappa shape index (κ1) is 32.5. The van der Waals surface area contributed by atoms with Crippen LogP contribution in [0.4, 0.5) is 11.4 Å². The Morgan fingerprint density at radius 3 is 2.05 bits per heavy atom. The Bertz CT molecular complexity index is 1790. The Hall–Kier alpha value is -3.45. The van der Waals surface area contributed by atoms with Gasteiger partial charge in [-0.05, 0) is 72.8 Å². The number of thioether (sulfide) groups is 1. The third-order valence-electron chi connectivity index (χ3n) is 5.51. The fourth-order valence-electron chi connectivity index (χ4n) is 3.58. The predicted molar refractivity (Wildman–Crippen MR) is 171 cm³/mol. The summed E-state index contributed by atoms with van der Waals surface area (Å²) in [5, 5.41) is 3.73. The molecule has 0 bridgehead atoms. The van der Waals surface area contributed by atoms with Crippen molar-refractivity contribution in [1.82, 2.24) is 10.9 Å². The molecule has 4 N–H and O–H groups in total. The van der Waals surface area contributed by atoms with Crippen molar-refractivity contribution in [1.29, 1.82) is 0 Å². The summed E-state index contributed by atoms with van der Waals surface area (Å²) < 4.78 is 28.2. The zero-order valence-corrected chi connectivity index (χ0v) is 26.3. The molecule has 0 aromatic heterocycles. The standard InChI is InChI=1S/C28H20Cl4N4O5S2/c29-17-6-8-20(9-7-17)36-43(40,41)25-11-16(5-10-23(25)32)27(38)34-35-28(39)22-3-1-2-4-24(22)42-15-26(37)33-21-13-18(30)12-19(31)14-21/h1-14,36H,15H2,(H,33,37)(H,34,38)(H,35,39). The summed E-state index contributed by atoms with van der Waals surface area (Å²) in [6, 6.07) is 20.7. The molecular formula is C28H20Cl4N4O5S2. The van der Waals surface area contributed by atoms with Gasteiger partial charge < -0.3 is 5.32 Å². The fraction of sp³-hybridized carbons (Fsp3) is 0.0357. The largest absolute Gasteiger partial charge is 0.325 e. The molecule has 0 fully saturated rings. The van der Waals surface area contributed by atoms with Crippen LogP contribution < -0.4 is 20.9 Å². The van der Waals surface area contributed by atoms with Crippen LogP contribution in [0.15, 0.2) is 94.7 Å². The van der Waals surface area contributed by atoms with Crippen molar-refractivity contribution in [2.24, 2.45) is 0 Å². The molecule has 0 saturated carbocycles. The number of amides is 3. The molecule has 4 aromatic carbocycles. The average molecular weight is 698 g/mol. The van der Waals surface area contributed by atoms with E-state index in [9.17, 15) is 22.8 Å². The predicted octanol–water partition coefficient (Wildman–Crippen LogP) is 6.91. The van der Waals surface area contributed by atoms with E-state index in [0.717, 1.165) is 17.8 Å². The minimum Gasteiger partial charge on any atom is -0.325 e. The fourth-order valence-corrected chi connectivity index (χ4v) is 6.67. The van der Waals surface area contributed by atoms with Crippen molar-refractivity contribution in [2.75, 3.05) is 15.8 Å². The van der Waals surface area contributed by atoms with E-state index in [-0.39, 0.29) is 38.4 Å². The van der Waals surface area contributed by atoms with Gasteiger partial charge in [-0.1, -0.05) is 58.5 Å². The number of rotatable bonds is 9.